The molecule has 0 saturated carbocycles. The van der Waals surface area contributed by atoms with E-state index < -0.39 is 22.3 Å². The van der Waals surface area contributed by atoms with Crippen molar-refractivity contribution in [2.24, 2.45) is 0 Å². The second kappa shape index (κ2) is 5.47. The average Bonchev–Trinajstić information content (AvgIpc) is 2.85. The first-order valence-electron chi connectivity index (χ1n) is 5.80. The summed E-state index contributed by atoms with van der Waals surface area (Å²) in [6, 6.07) is 2.72. The van der Waals surface area contributed by atoms with Crippen molar-refractivity contribution in [1.29, 1.82) is 0 Å². The van der Waals surface area contributed by atoms with E-state index in [-0.39, 0.29) is 5.56 Å². The SMILES string of the molecule is CCc1cn[nH]c1NC(=O)c1cc(F)ccc1[N+](=O)[O-]. The molecular weight excluding hydrogens is 267 g/mol. The Balaban J connectivity index is 2.34. The molecule has 0 unspecified atom stereocenters. The molecule has 0 bridgehead atoms. The lowest BCUT2D eigenvalue weighted by molar-refractivity contribution is -0.385. The highest BCUT2D eigenvalue weighted by atomic mass is 19.1. The molecule has 0 atom stereocenters. The molecule has 7 nitrogen and oxygen atoms in total. The Hall–Kier alpha value is -2.77. The number of carbonyl (C=O) groups excluding carboxylic acids is 1. The van der Waals surface area contributed by atoms with Crippen LogP contribution in [0.15, 0.2) is 24.4 Å². The van der Waals surface area contributed by atoms with Gasteiger partial charge >= 0.3 is 0 Å². The highest BCUT2D eigenvalue weighted by Gasteiger charge is 2.21. The molecule has 0 aliphatic carbocycles. The highest BCUT2D eigenvalue weighted by Crippen LogP contribution is 2.21. The van der Waals surface area contributed by atoms with Crippen molar-refractivity contribution < 1.29 is 14.1 Å². The molecule has 1 aromatic carbocycles. The van der Waals surface area contributed by atoms with E-state index in [2.05, 4.69) is 15.5 Å². The number of halogens is 1. The molecule has 0 fully saturated rings. The molecule has 104 valence electrons. The second-order valence-electron chi connectivity index (χ2n) is 4.00. The van der Waals surface area contributed by atoms with Gasteiger partial charge < -0.3 is 5.32 Å². The van der Waals surface area contributed by atoms with Gasteiger partial charge in [0, 0.05) is 11.6 Å². The van der Waals surface area contributed by atoms with Crippen LogP contribution < -0.4 is 5.32 Å². The number of rotatable bonds is 4. The van der Waals surface area contributed by atoms with E-state index in [0.717, 1.165) is 23.8 Å². The van der Waals surface area contributed by atoms with Gasteiger partial charge in [0.15, 0.2) is 0 Å². The zero-order valence-electron chi connectivity index (χ0n) is 10.5. The Morgan fingerprint density at radius 3 is 2.95 bits per heavy atom. The molecule has 1 heterocycles. The number of aromatic amines is 1. The Kier molecular flexibility index (Phi) is 3.74. The van der Waals surface area contributed by atoms with Crippen LogP contribution in [-0.4, -0.2) is 21.0 Å². The second-order valence-corrected chi connectivity index (χ2v) is 4.00. The number of nitrogens with one attached hydrogen (secondary N) is 2. The maximum absolute atomic E-state index is 13.2. The first kappa shape index (κ1) is 13.7. The number of amides is 1. The fourth-order valence-electron chi connectivity index (χ4n) is 1.72. The van der Waals surface area contributed by atoms with Crippen LogP contribution in [0.1, 0.15) is 22.8 Å². The van der Waals surface area contributed by atoms with Crippen molar-refractivity contribution in [2.45, 2.75) is 13.3 Å². The number of carbonyl (C=O) groups is 1. The summed E-state index contributed by atoms with van der Waals surface area (Å²) in [4.78, 5) is 22.1. The van der Waals surface area contributed by atoms with Gasteiger partial charge in [-0.1, -0.05) is 6.92 Å². The number of aryl methyl sites for hydroxylation is 1. The molecule has 1 aromatic heterocycles. The van der Waals surface area contributed by atoms with Gasteiger partial charge in [0.1, 0.15) is 17.2 Å². The normalized spacial score (nSPS) is 10.3. The van der Waals surface area contributed by atoms with Crippen LogP contribution in [0.2, 0.25) is 0 Å². The van der Waals surface area contributed by atoms with E-state index in [0.29, 0.717) is 12.2 Å². The van der Waals surface area contributed by atoms with Crippen LogP contribution in [0, 0.1) is 15.9 Å². The Labute approximate surface area is 113 Å². The maximum Gasteiger partial charge on any atom is 0.282 e. The molecule has 2 N–H and O–H groups in total. The number of benzene rings is 1. The molecule has 0 spiro atoms. The third kappa shape index (κ3) is 2.63. The van der Waals surface area contributed by atoms with E-state index in [1.165, 1.54) is 6.20 Å². The first-order chi connectivity index (χ1) is 9.52. The quantitative estimate of drug-likeness (QED) is 0.661. The van der Waals surface area contributed by atoms with Crippen LogP contribution in [0.4, 0.5) is 15.9 Å². The lowest BCUT2D eigenvalue weighted by atomic mass is 10.1. The maximum atomic E-state index is 13.2. The summed E-state index contributed by atoms with van der Waals surface area (Å²) in [7, 11) is 0. The molecular formula is C12H11FN4O3. The molecule has 2 aromatic rings. The van der Waals surface area contributed by atoms with Crippen LogP contribution in [-0.2, 0) is 6.42 Å². The summed E-state index contributed by atoms with van der Waals surface area (Å²) >= 11 is 0. The third-order valence-corrected chi connectivity index (χ3v) is 2.74. The fraction of sp³-hybridized carbons (Fsp3) is 0.167. The Morgan fingerprint density at radius 2 is 2.30 bits per heavy atom. The van der Waals surface area contributed by atoms with E-state index in [1.54, 1.807) is 0 Å². The van der Waals surface area contributed by atoms with Crippen molar-refractivity contribution in [2.75, 3.05) is 5.32 Å². The summed E-state index contributed by atoms with van der Waals surface area (Å²) in [5, 5.41) is 19.6. The summed E-state index contributed by atoms with van der Waals surface area (Å²) in [6.07, 6.45) is 2.16. The number of anilines is 1. The topological polar surface area (TPSA) is 101 Å². The molecule has 8 heteroatoms. The third-order valence-electron chi connectivity index (χ3n) is 2.74. The zero-order chi connectivity index (χ0) is 14.7. The van der Waals surface area contributed by atoms with E-state index in [4.69, 9.17) is 0 Å². The smallest absolute Gasteiger partial charge is 0.282 e. The first-order valence-corrected chi connectivity index (χ1v) is 5.80. The summed E-state index contributed by atoms with van der Waals surface area (Å²) in [5.74, 6) is -1.15. The summed E-state index contributed by atoms with van der Waals surface area (Å²) < 4.78 is 13.2. The minimum atomic E-state index is -0.768. The molecule has 0 radical (unpaired) electrons. The van der Waals surface area contributed by atoms with Crippen LogP contribution in [0.5, 0.6) is 0 Å². The molecule has 2 rings (SSSR count). The predicted octanol–water partition coefficient (Wildman–Crippen LogP) is 2.27. The lowest BCUT2D eigenvalue weighted by Gasteiger charge is -2.05. The minimum absolute atomic E-state index is 0.341. The summed E-state index contributed by atoms with van der Waals surface area (Å²) in [5.41, 5.74) is -0.0504. The van der Waals surface area contributed by atoms with Crippen LogP contribution in [0.3, 0.4) is 0 Å². The number of hydrogen-bond acceptors (Lipinski definition) is 4. The summed E-state index contributed by atoms with van der Waals surface area (Å²) in [6.45, 7) is 1.87. The zero-order valence-corrected chi connectivity index (χ0v) is 10.5. The van der Waals surface area contributed by atoms with Crippen LogP contribution in [0.25, 0.3) is 0 Å². The highest BCUT2D eigenvalue weighted by molar-refractivity contribution is 6.06. The van der Waals surface area contributed by atoms with Crippen molar-refractivity contribution in [3.05, 3.63) is 51.5 Å². The van der Waals surface area contributed by atoms with E-state index >= 15 is 0 Å². The standard InChI is InChI=1S/C12H11FN4O3/c1-2-7-6-14-16-11(7)15-12(18)9-5-8(13)3-4-10(9)17(19)20/h3-6H,2H2,1H3,(H2,14,15,16,18). The van der Waals surface area contributed by atoms with Crippen molar-refractivity contribution in [1.82, 2.24) is 10.2 Å². The fourth-order valence-corrected chi connectivity index (χ4v) is 1.72. The number of nitrogens with zero attached hydrogens (tertiary/aromatic N) is 2. The van der Waals surface area contributed by atoms with Gasteiger partial charge in [-0.05, 0) is 18.6 Å². The number of nitro benzene ring substituents is 1. The van der Waals surface area contributed by atoms with E-state index in [9.17, 15) is 19.3 Å². The van der Waals surface area contributed by atoms with Gasteiger partial charge in [0.2, 0.25) is 0 Å². The van der Waals surface area contributed by atoms with Crippen molar-refractivity contribution >= 4 is 17.4 Å². The van der Waals surface area contributed by atoms with Gasteiger partial charge in [-0.2, -0.15) is 5.10 Å². The number of aromatic nitrogens is 2. The largest absolute Gasteiger partial charge is 0.306 e. The molecule has 0 saturated heterocycles. The van der Waals surface area contributed by atoms with Gasteiger partial charge in [0.25, 0.3) is 11.6 Å². The minimum Gasteiger partial charge on any atom is -0.306 e. The van der Waals surface area contributed by atoms with Crippen molar-refractivity contribution in [3.63, 3.8) is 0 Å². The Morgan fingerprint density at radius 1 is 1.55 bits per heavy atom. The molecule has 20 heavy (non-hydrogen) atoms. The Bertz CT molecular complexity index is 668. The van der Waals surface area contributed by atoms with Gasteiger partial charge in [0.05, 0.1) is 11.1 Å². The van der Waals surface area contributed by atoms with E-state index in [1.807, 2.05) is 6.92 Å². The number of H-pyrrole nitrogens is 1. The van der Waals surface area contributed by atoms with Gasteiger partial charge in [-0.3, -0.25) is 20.0 Å². The molecule has 0 aliphatic rings. The average molecular weight is 278 g/mol. The monoisotopic (exact) mass is 278 g/mol. The lowest BCUT2D eigenvalue weighted by Crippen LogP contribution is -2.15. The predicted molar refractivity (Wildman–Crippen MR) is 69.0 cm³/mol. The molecule has 0 aliphatic heterocycles. The van der Waals surface area contributed by atoms with Gasteiger partial charge in [-0.25, -0.2) is 4.39 Å². The van der Waals surface area contributed by atoms with Gasteiger partial charge in [-0.15, -0.1) is 0 Å². The number of hydrogen-bond donors (Lipinski definition) is 2. The van der Waals surface area contributed by atoms with Crippen LogP contribution >= 0.6 is 0 Å². The number of nitro groups is 1. The van der Waals surface area contributed by atoms with Crippen molar-refractivity contribution in [3.8, 4) is 0 Å². The molecule has 1 amide bonds.